The highest BCUT2D eigenvalue weighted by Gasteiger charge is 2.16. The van der Waals surface area contributed by atoms with E-state index in [1.807, 2.05) is 32.0 Å². The first-order valence-corrected chi connectivity index (χ1v) is 5.57. The predicted octanol–water partition coefficient (Wildman–Crippen LogP) is 2.71. The van der Waals surface area contributed by atoms with Gasteiger partial charge in [-0.25, -0.2) is 0 Å². The number of aliphatic hydroxyl groups is 1. The van der Waals surface area contributed by atoms with Crippen LogP contribution in [-0.4, -0.2) is 17.8 Å². The highest BCUT2D eigenvalue weighted by molar-refractivity contribution is 5.25. The molecule has 0 heterocycles. The van der Waals surface area contributed by atoms with E-state index >= 15 is 0 Å². The summed E-state index contributed by atoms with van der Waals surface area (Å²) in [6, 6.07) is 8.04. The van der Waals surface area contributed by atoms with E-state index in [1.54, 1.807) is 0 Å². The van der Waals surface area contributed by atoms with Crippen LogP contribution in [0.25, 0.3) is 0 Å². The minimum absolute atomic E-state index is 0.151. The van der Waals surface area contributed by atoms with Gasteiger partial charge in [0.05, 0.1) is 6.10 Å². The average Bonchev–Trinajstić information content (AvgIpc) is 2.28. The van der Waals surface area contributed by atoms with Gasteiger partial charge < -0.3 is 9.84 Å². The van der Waals surface area contributed by atoms with Crippen LogP contribution in [0.3, 0.4) is 0 Å². The lowest BCUT2D eigenvalue weighted by Crippen LogP contribution is -2.18. The molecule has 2 atom stereocenters. The lowest BCUT2D eigenvalue weighted by atomic mass is 10.0. The Balaban J connectivity index is 2.76. The van der Waals surface area contributed by atoms with E-state index in [0.29, 0.717) is 6.61 Å². The van der Waals surface area contributed by atoms with Crippen molar-refractivity contribution in [2.45, 2.75) is 39.4 Å². The molecular formula is C13H20O2. The third kappa shape index (κ3) is 3.33. The standard InChI is InChI=1S/C13H20O2/c1-4-11-7-6-8-12(9-11)13(14)10(3)15-5-2/h6-10,13-14H,4-5H2,1-3H3. The molecule has 0 saturated carbocycles. The Bertz CT molecular complexity index is 296. The van der Waals surface area contributed by atoms with Gasteiger partial charge in [-0.15, -0.1) is 0 Å². The molecule has 0 fully saturated rings. The van der Waals surface area contributed by atoms with Crippen LogP contribution in [0.5, 0.6) is 0 Å². The van der Waals surface area contributed by atoms with E-state index in [-0.39, 0.29) is 6.10 Å². The molecule has 0 aromatic heterocycles. The molecule has 0 amide bonds. The van der Waals surface area contributed by atoms with Crippen molar-refractivity contribution in [1.29, 1.82) is 0 Å². The highest BCUT2D eigenvalue weighted by Crippen LogP contribution is 2.20. The second-order valence-electron chi connectivity index (χ2n) is 3.70. The van der Waals surface area contributed by atoms with Crippen molar-refractivity contribution in [3.63, 3.8) is 0 Å². The molecule has 15 heavy (non-hydrogen) atoms. The number of hydrogen-bond acceptors (Lipinski definition) is 2. The normalized spacial score (nSPS) is 14.9. The van der Waals surface area contributed by atoms with Crippen molar-refractivity contribution in [3.05, 3.63) is 35.4 Å². The maximum absolute atomic E-state index is 10.0. The molecule has 84 valence electrons. The van der Waals surface area contributed by atoms with Gasteiger partial charge in [0.25, 0.3) is 0 Å². The Hall–Kier alpha value is -0.860. The summed E-state index contributed by atoms with van der Waals surface area (Å²) in [6.45, 7) is 6.57. The van der Waals surface area contributed by atoms with E-state index in [9.17, 15) is 5.11 Å². The molecule has 1 aromatic carbocycles. The fraction of sp³-hybridized carbons (Fsp3) is 0.538. The molecule has 1 rings (SSSR count). The van der Waals surface area contributed by atoms with E-state index < -0.39 is 6.10 Å². The van der Waals surface area contributed by atoms with E-state index in [0.717, 1.165) is 12.0 Å². The summed E-state index contributed by atoms with van der Waals surface area (Å²) >= 11 is 0. The van der Waals surface area contributed by atoms with Gasteiger partial charge in [0.2, 0.25) is 0 Å². The summed E-state index contributed by atoms with van der Waals surface area (Å²) in [7, 11) is 0. The first-order chi connectivity index (χ1) is 7.19. The molecule has 0 radical (unpaired) electrons. The summed E-state index contributed by atoms with van der Waals surface area (Å²) in [6.07, 6.45) is 0.308. The fourth-order valence-corrected chi connectivity index (χ4v) is 1.62. The maximum atomic E-state index is 10.0. The largest absolute Gasteiger partial charge is 0.386 e. The maximum Gasteiger partial charge on any atom is 0.105 e. The summed E-state index contributed by atoms with van der Waals surface area (Å²) in [4.78, 5) is 0. The van der Waals surface area contributed by atoms with Crippen LogP contribution in [0.4, 0.5) is 0 Å². The van der Waals surface area contributed by atoms with Crippen LogP contribution in [0.2, 0.25) is 0 Å². The summed E-state index contributed by atoms with van der Waals surface area (Å²) in [5.41, 5.74) is 2.19. The molecule has 2 unspecified atom stereocenters. The number of hydrogen-bond donors (Lipinski definition) is 1. The zero-order valence-corrected chi connectivity index (χ0v) is 9.73. The molecular weight excluding hydrogens is 188 g/mol. The third-order valence-corrected chi connectivity index (χ3v) is 2.58. The van der Waals surface area contributed by atoms with E-state index in [1.165, 1.54) is 5.56 Å². The number of aliphatic hydroxyl groups excluding tert-OH is 1. The highest BCUT2D eigenvalue weighted by atomic mass is 16.5. The molecule has 0 spiro atoms. The number of ether oxygens (including phenoxy) is 1. The summed E-state index contributed by atoms with van der Waals surface area (Å²) in [5.74, 6) is 0. The number of aryl methyl sites for hydroxylation is 1. The van der Waals surface area contributed by atoms with Crippen LogP contribution < -0.4 is 0 Å². The van der Waals surface area contributed by atoms with Gasteiger partial charge in [-0.05, 0) is 31.4 Å². The topological polar surface area (TPSA) is 29.5 Å². The summed E-state index contributed by atoms with van der Waals surface area (Å²) < 4.78 is 5.38. The molecule has 1 aromatic rings. The minimum atomic E-state index is -0.531. The quantitative estimate of drug-likeness (QED) is 0.806. The van der Waals surface area contributed by atoms with Crippen molar-refractivity contribution in [2.24, 2.45) is 0 Å². The SMILES string of the molecule is CCOC(C)C(O)c1cccc(CC)c1. The summed E-state index contributed by atoms with van der Waals surface area (Å²) in [5, 5.41) is 10.0. The van der Waals surface area contributed by atoms with Gasteiger partial charge in [0, 0.05) is 6.61 Å². The van der Waals surface area contributed by atoms with Crippen LogP contribution >= 0.6 is 0 Å². The van der Waals surface area contributed by atoms with Gasteiger partial charge in [0.1, 0.15) is 6.10 Å². The van der Waals surface area contributed by atoms with Crippen molar-refractivity contribution in [1.82, 2.24) is 0 Å². The zero-order chi connectivity index (χ0) is 11.3. The number of rotatable bonds is 5. The lowest BCUT2D eigenvalue weighted by Gasteiger charge is -2.19. The Kier molecular flexibility index (Phi) is 4.79. The molecule has 0 saturated heterocycles. The van der Waals surface area contributed by atoms with Crippen molar-refractivity contribution >= 4 is 0 Å². The molecule has 0 aliphatic carbocycles. The van der Waals surface area contributed by atoms with Crippen LogP contribution in [0.1, 0.15) is 38.0 Å². The Morgan fingerprint density at radius 2 is 2.07 bits per heavy atom. The smallest absolute Gasteiger partial charge is 0.105 e. The third-order valence-electron chi connectivity index (χ3n) is 2.58. The average molecular weight is 208 g/mol. The van der Waals surface area contributed by atoms with Gasteiger partial charge in [-0.3, -0.25) is 0 Å². The van der Waals surface area contributed by atoms with Crippen LogP contribution in [0.15, 0.2) is 24.3 Å². The van der Waals surface area contributed by atoms with Crippen LogP contribution in [0, 0.1) is 0 Å². The van der Waals surface area contributed by atoms with E-state index in [4.69, 9.17) is 4.74 Å². The second kappa shape index (κ2) is 5.89. The molecule has 2 nitrogen and oxygen atoms in total. The second-order valence-corrected chi connectivity index (χ2v) is 3.70. The first-order valence-electron chi connectivity index (χ1n) is 5.57. The van der Waals surface area contributed by atoms with Gasteiger partial charge >= 0.3 is 0 Å². The Labute approximate surface area is 91.9 Å². The lowest BCUT2D eigenvalue weighted by molar-refractivity contribution is -0.0227. The monoisotopic (exact) mass is 208 g/mol. The van der Waals surface area contributed by atoms with Crippen LogP contribution in [-0.2, 0) is 11.2 Å². The van der Waals surface area contributed by atoms with Crippen molar-refractivity contribution < 1.29 is 9.84 Å². The minimum Gasteiger partial charge on any atom is -0.386 e. The fourth-order valence-electron chi connectivity index (χ4n) is 1.62. The van der Waals surface area contributed by atoms with E-state index in [2.05, 4.69) is 13.0 Å². The van der Waals surface area contributed by atoms with Crippen molar-refractivity contribution in [2.75, 3.05) is 6.61 Å². The number of benzene rings is 1. The molecule has 0 bridgehead atoms. The Morgan fingerprint density at radius 1 is 1.33 bits per heavy atom. The van der Waals surface area contributed by atoms with Gasteiger partial charge in [-0.1, -0.05) is 31.2 Å². The van der Waals surface area contributed by atoms with Crippen molar-refractivity contribution in [3.8, 4) is 0 Å². The molecule has 0 aliphatic rings. The first kappa shape index (κ1) is 12.2. The molecule has 0 aliphatic heterocycles. The van der Waals surface area contributed by atoms with Gasteiger partial charge in [0.15, 0.2) is 0 Å². The molecule has 2 heteroatoms. The van der Waals surface area contributed by atoms with Gasteiger partial charge in [-0.2, -0.15) is 0 Å². The zero-order valence-electron chi connectivity index (χ0n) is 9.73. The predicted molar refractivity (Wildman–Crippen MR) is 61.9 cm³/mol. The Morgan fingerprint density at radius 3 is 2.67 bits per heavy atom. The molecule has 1 N–H and O–H groups in total.